The molecule has 1 aliphatic heterocycles. The van der Waals surface area contributed by atoms with Gasteiger partial charge in [-0.3, -0.25) is 0 Å². The molecule has 0 radical (unpaired) electrons. The summed E-state index contributed by atoms with van der Waals surface area (Å²) in [5.74, 6) is 1.54. The molecule has 0 aliphatic carbocycles. The van der Waals surface area contributed by atoms with Crippen LogP contribution in [0.15, 0.2) is 0 Å². The standard InChI is InChI=1S/C10H19ClO/c1-3-9(2)6-10(7-11)4-5-12-8-10/h9H,3-8H2,1-2H3. The number of ether oxygens (including phenoxy) is 1. The zero-order chi connectivity index (χ0) is 9.03. The molecule has 1 fully saturated rings. The molecule has 0 aromatic carbocycles. The van der Waals surface area contributed by atoms with E-state index in [0.717, 1.165) is 31.4 Å². The van der Waals surface area contributed by atoms with Gasteiger partial charge in [-0.05, 0) is 18.8 Å². The predicted octanol–water partition coefficient (Wildman–Crippen LogP) is 3.07. The highest BCUT2D eigenvalue weighted by atomic mass is 35.5. The van der Waals surface area contributed by atoms with Crippen LogP contribution in [0.25, 0.3) is 0 Å². The zero-order valence-electron chi connectivity index (χ0n) is 8.11. The van der Waals surface area contributed by atoms with Crippen LogP contribution in [0, 0.1) is 11.3 Å². The third-order valence-corrected chi connectivity index (χ3v) is 3.51. The fourth-order valence-electron chi connectivity index (χ4n) is 1.85. The molecule has 0 N–H and O–H groups in total. The Kier molecular flexibility index (Phi) is 3.85. The minimum atomic E-state index is 0.303. The quantitative estimate of drug-likeness (QED) is 0.620. The molecule has 0 spiro atoms. The Balaban J connectivity index is 2.43. The molecular formula is C10H19ClO. The lowest BCUT2D eigenvalue weighted by atomic mass is 9.80. The van der Waals surface area contributed by atoms with Gasteiger partial charge >= 0.3 is 0 Å². The summed E-state index contributed by atoms with van der Waals surface area (Å²) in [4.78, 5) is 0. The topological polar surface area (TPSA) is 9.23 Å². The van der Waals surface area contributed by atoms with Crippen LogP contribution in [0.1, 0.15) is 33.1 Å². The second-order valence-electron chi connectivity index (χ2n) is 4.15. The van der Waals surface area contributed by atoms with Crippen molar-refractivity contribution in [3.05, 3.63) is 0 Å². The zero-order valence-corrected chi connectivity index (χ0v) is 8.86. The van der Waals surface area contributed by atoms with Crippen LogP contribution in [0.2, 0.25) is 0 Å². The van der Waals surface area contributed by atoms with Crippen LogP contribution in [0.3, 0.4) is 0 Å². The maximum atomic E-state index is 5.99. The van der Waals surface area contributed by atoms with E-state index >= 15 is 0 Å². The van der Waals surface area contributed by atoms with Crippen molar-refractivity contribution in [3.63, 3.8) is 0 Å². The van der Waals surface area contributed by atoms with E-state index in [1.54, 1.807) is 0 Å². The Morgan fingerprint density at radius 3 is 2.75 bits per heavy atom. The molecule has 0 aromatic heterocycles. The average Bonchev–Trinajstić information content (AvgIpc) is 2.54. The van der Waals surface area contributed by atoms with Gasteiger partial charge in [0, 0.05) is 17.9 Å². The van der Waals surface area contributed by atoms with E-state index < -0.39 is 0 Å². The Hall–Kier alpha value is 0.250. The van der Waals surface area contributed by atoms with Crippen molar-refractivity contribution in [2.45, 2.75) is 33.1 Å². The lowest BCUT2D eigenvalue weighted by Gasteiger charge is -2.27. The second kappa shape index (κ2) is 4.48. The molecule has 2 heteroatoms. The van der Waals surface area contributed by atoms with Crippen molar-refractivity contribution < 1.29 is 4.74 Å². The van der Waals surface area contributed by atoms with Crippen molar-refractivity contribution >= 4 is 11.6 Å². The minimum absolute atomic E-state index is 0.303. The van der Waals surface area contributed by atoms with Crippen molar-refractivity contribution in [1.82, 2.24) is 0 Å². The van der Waals surface area contributed by atoms with Crippen molar-refractivity contribution in [2.24, 2.45) is 11.3 Å². The third-order valence-electron chi connectivity index (χ3n) is 2.95. The van der Waals surface area contributed by atoms with Gasteiger partial charge < -0.3 is 4.74 Å². The van der Waals surface area contributed by atoms with Gasteiger partial charge in [0.15, 0.2) is 0 Å². The first-order chi connectivity index (χ1) is 5.72. The minimum Gasteiger partial charge on any atom is -0.381 e. The predicted molar refractivity (Wildman–Crippen MR) is 52.7 cm³/mol. The van der Waals surface area contributed by atoms with Crippen LogP contribution in [0.4, 0.5) is 0 Å². The average molecular weight is 191 g/mol. The van der Waals surface area contributed by atoms with E-state index in [1.165, 1.54) is 12.8 Å². The normalized spacial score (nSPS) is 32.2. The lowest BCUT2D eigenvalue weighted by molar-refractivity contribution is 0.146. The Labute approximate surface area is 80.4 Å². The SMILES string of the molecule is CCC(C)CC1(CCl)CCOC1. The number of hydrogen-bond donors (Lipinski definition) is 0. The highest BCUT2D eigenvalue weighted by Gasteiger charge is 2.34. The molecule has 2 unspecified atom stereocenters. The highest BCUT2D eigenvalue weighted by Crippen LogP contribution is 2.37. The monoisotopic (exact) mass is 190 g/mol. The van der Waals surface area contributed by atoms with Crippen molar-refractivity contribution in [2.75, 3.05) is 19.1 Å². The van der Waals surface area contributed by atoms with E-state index in [9.17, 15) is 0 Å². The molecule has 1 rings (SSSR count). The van der Waals surface area contributed by atoms with E-state index in [1.807, 2.05) is 0 Å². The summed E-state index contributed by atoms with van der Waals surface area (Å²) in [6.07, 6.45) is 3.63. The molecule has 1 saturated heterocycles. The van der Waals surface area contributed by atoms with Gasteiger partial charge in [-0.1, -0.05) is 20.3 Å². The van der Waals surface area contributed by atoms with E-state index in [-0.39, 0.29) is 0 Å². The maximum Gasteiger partial charge on any atom is 0.0534 e. The molecule has 2 atom stereocenters. The number of rotatable bonds is 4. The molecule has 0 saturated carbocycles. The first kappa shape index (κ1) is 10.3. The van der Waals surface area contributed by atoms with Gasteiger partial charge in [0.05, 0.1) is 6.61 Å². The number of halogens is 1. The summed E-state index contributed by atoms with van der Waals surface area (Å²) < 4.78 is 5.41. The van der Waals surface area contributed by atoms with E-state index in [4.69, 9.17) is 16.3 Å². The fourth-order valence-corrected chi connectivity index (χ4v) is 2.17. The third kappa shape index (κ3) is 2.37. The van der Waals surface area contributed by atoms with E-state index in [2.05, 4.69) is 13.8 Å². The summed E-state index contributed by atoms with van der Waals surface area (Å²) in [7, 11) is 0. The van der Waals surface area contributed by atoms with Gasteiger partial charge in [0.25, 0.3) is 0 Å². The summed E-state index contributed by atoms with van der Waals surface area (Å²) in [5.41, 5.74) is 0.303. The van der Waals surface area contributed by atoms with Gasteiger partial charge in [0.1, 0.15) is 0 Å². The maximum absolute atomic E-state index is 5.99. The largest absolute Gasteiger partial charge is 0.381 e. The first-order valence-corrected chi connectivity index (χ1v) is 5.39. The van der Waals surface area contributed by atoms with Crippen LogP contribution < -0.4 is 0 Å². The molecule has 1 nitrogen and oxygen atoms in total. The van der Waals surface area contributed by atoms with Crippen LogP contribution in [-0.2, 0) is 4.74 Å². The molecule has 1 heterocycles. The van der Waals surface area contributed by atoms with Gasteiger partial charge in [-0.15, -0.1) is 11.6 Å². The van der Waals surface area contributed by atoms with Crippen LogP contribution >= 0.6 is 11.6 Å². The van der Waals surface area contributed by atoms with Crippen molar-refractivity contribution in [3.8, 4) is 0 Å². The first-order valence-electron chi connectivity index (χ1n) is 4.86. The lowest BCUT2D eigenvalue weighted by Crippen LogP contribution is -2.25. The van der Waals surface area contributed by atoms with Crippen LogP contribution in [-0.4, -0.2) is 19.1 Å². The molecule has 1 aliphatic rings. The molecule has 0 bridgehead atoms. The van der Waals surface area contributed by atoms with E-state index in [0.29, 0.717) is 5.41 Å². The fraction of sp³-hybridized carbons (Fsp3) is 1.00. The summed E-state index contributed by atoms with van der Waals surface area (Å²) in [5, 5.41) is 0. The van der Waals surface area contributed by atoms with Gasteiger partial charge in [-0.25, -0.2) is 0 Å². The number of alkyl halides is 1. The smallest absolute Gasteiger partial charge is 0.0534 e. The Morgan fingerprint density at radius 1 is 1.58 bits per heavy atom. The highest BCUT2D eigenvalue weighted by molar-refractivity contribution is 6.18. The second-order valence-corrected chi connectivity index (χ2v) is 4.42. The Bertz CT molecular complexity index is 130. The van der Waals surface area contributed by atoms with Gasteiger partial charge in [0.2, 0.25) is 0 Å². The summed E-state index contributed by atoms with van der Waals surface area (Å²) in [6.45, 7) is 6.32. The van der Waals surface area contributed by atoms with Gasteiger partial charge in [-0.2, -0.15) is 0 Å². The summed E-state index contributed by atoms with van der Waals surface area (Å²) in [6, 6.07) is 0. The van der Waals surface area contributed by atoms with Crippen molar-refractivity contribution in [1.29, 1.82) is 0 Å². The van der Waals surface area contributed by atoms with Crippen LogP contribution in [0.5, 0.6) is 0 Å². The molecule has 72 valence electrons. The molecule has 0 amide bonds. The molecular weight excluding hydrogens is 172 g/mol. The number of hydrogen-bond acceptors (Lipinski definition) is 1. The summed E-state index contributed by atoms with van der Waals surface area (Å²) >= 11 is 5.99. The molecule has 12 heavy (non-hydrogen) atoms. The molecule has 0 aromatic rings. The Morgan fingerprint density at radius 2 is 2.33 bits per heavy atom.